The quantitative estimate of drug-likeness (QED) is 0.286. The van der Waals surface area contributed by atoms with E-state index in [1.54, 1.807) is 16.9 Å². The van der Waals surface area contributed by atoms with Crippen molar-refractivity contribution >= 4 is 21.8 Å². The van der Waals surface area contributed by atoms with Crippen LogP contribution in [0.4, 0.5) is 13.2 Å². The maximum Gasteiger partial charge on any atom is 0.417 e. The first-order chi connectivity index (χ1) is 23.3. The van der Waals surface area contributed by atoms with Gasteiger partial charge in [0, 0.05) is 92.4 Å². The molecule has 1 aromatic carbocycles. The molecule has 3 aliphatic rings. The fourth-order valence-corrected chi connectivity index (χ4v) is 8.73. The fourth-order valence-electron chi connectivity index (χ4n) is 6.82. The minimum absolute atomic E-state index is 0.0400. The van der Waals surface area contributed by atoms with Gasteiger partial charge in [0.15, 0.2) is 0 Å². The number of halogens is 3. The molecule has 0 spiro atoms. The number of piperidine rings is 1. The number of hydrogen-bond donors (Lipinski definition) is 2. The van der Waals surface area contributed by atoms with Crippen molar-refractivity contribution in [2.45, 2.75) is 55.1 Å². The standard InChI is InChI=1S/C33H43F3N6O5S2/c1-49(45,46)41-11-7-28-26(23-41)31(24-5-6-27(33(34,35)36)29(20-24)48-19-16-39-14-17-47-18-15-39)38-42(28)22-25(43)21-40-12-8-32(44,9-13-40)30-4-2-3-10-37-30/h2-6,10,20,25,43-44H,7-9,11-19,21-23H2,1H3. The number of sulfonamides is 1. The van der Waals surface area contributed by atoms with Crippen LogP contribution in [0.25, 0.3) is 11.3 Å². The van der Waals surface area contributed by atoms with Crippen LogP contribution in [-0.2, 0) is 46.0 Å². The molecule has 0 saturated carbocycles. The summed E-state index contributed by atoms with van der Waals surface area (Å²) in [5.41, 5.74) is 1.16. The van der Waals surface area contributed by atoms with Gasteiger partial charge in [-0.05, 0) is 37.1 Å². The molecule has 2 fully saturated rings. The largest absolute Gasteiger partial charge is 0.417 e. The first-order valence-corrected chi connectivity index (χ1v) is 19.4. The topological polar surface area (TPSA) is 124 Å². The van der Waals surface area contributed by atoms with E-state index in [1.165, 1.54) is 16.4 Å². The minimum Gasteiger partial charge on any atom is -0.390 e. The van der Waals surface area contributed by atoms with Crippen LogP contribution in [0.3, 0.4) is 0 Å². The second-order valence-corrected chi connectivity index (χ2v) is 16.1. The minimum atomic E-state index is -4.54. The number of rotatable bonds is 11. The number of benzene rings is 1. The molecule has 49 heavy (non-hydrogen) atoms. The number of β-amino-alcohol motifs (C(OH)–C–C–N with tert-alkyl or cyclic N) is 1. The van der Waals surface area contributed by atoms with Crippen molar-refractivity contribution in [2.24, 2.45) is 0 Å². The van der Waals surface area contributed by atoms with Crippen molar-refractivity contribution in [2.75, 3.05) is 71.0 Å². The molecule has 2 aromatic heterocycles. The molecule has 3 aliphatic heterocycles. The highest BCUT2D eigenvalue weighted by atomic mass is 32.2. The first-order valence-electron chi connectivity index (χ1n) is 16.5. The summed E-state index contributed by atoms with van der Waals surface area (Å²) in [6.45, 7) is 5.18. The number of aliphatic hydroxyl groups is 2. The maximum atomic E-state index is 14.1. The van der Waals surface area contributed by atoms with Crippen molar-refractivity contribution in [1.29, 1.82) is 0 Å². The molecule has 0 bridgehead atoms. The number of alkyl halides is 3. The summed E-state index contributed by atoms with van der Waals surface area (Å²) in [5, 5.41) is 27.2. The summed E-state index contributed by atoms with van der Waals surface area (Å²) in [4.78, 5) is 8.67. The van der Waals surface area contributed by atoms with Gasteiger partial charge in [-0.15, -0.1) is 11.8 Å². The lowest BCUT2D eigenvalue weighted by atomic mass is 9.87. The van der Waals surface area contributed by atoms with Crippen molar-refractivity contribution in [3.05, 3.63) is 65.1 Å². The molecule has 268 valence electrons. The summed E-state index contributed by atoms with van der Waals surface area (Å²) >= 11 is 1.14. The lowest BCUT2D eigenvalue weighted by Crippen LogP contribution is -2.46. The van der Waals surface area contributed by atoms with Gasteiger partial charge in [-0.3, -0.25) is 14.6 Å². The average molecular weight is 725 g/mol. The Hall–Kier alpha value is -2.57. The Kier molecular flexibility index (Phi) is 11.1. The van der Waals surface area contributed by atoms with Crippen molar-refractivity contribution in [1.82, 2.24) is 28.9 Å². The molecule has 11 nitrogen and oxygen atoms in total. The van der Waals surface area contributed by atoms with Crippen molar-refractivity contribution < 1.29 is 36.5 Å². The van der Waals surface area contributed by atoms with Gasteiger partial charge < -0.3 is 19.8 Å². The summed E-state index contributed by atoms with van der Waals surface area (Å²) in [5.74, 6) is 0.461. The van der Waals surface area contributed by atoms with Gasteiger partial charge >= 0.3 is 6.18 Å². The Morgan fingerprint density at radius 2 is 1.80 bits per heavy atom. The zero-order valence-electron chi connectivity index (χ0n) is 27.5. The van der Waals surface area contributed by atoms with Gasteiger partial charge in [0.2, 0.25) is 10.0 Å². The molecule has 1 atom stereocenters. The van der Waals surface area contributed by atoms with Crippen LogP contribution in [0.1, 0.15) is 35.4 Å². The molecule has 0 aliphatic carbocycles. The molecule has 16 heteroatoms. The molecule has 2 N–H and O–H groups in total. The second kappa shape index (κ2) is 15.0. The molecule has 6 rings (SSSR count). The summed E-state index contributed by atoms with van der Waals surface area (Å²) in [6, 6.07) is 9.45. The van der Waals surface area contributed by atoms with E-state index in [9.17, 15) is 31.8 Å². The van der Waals surface area contributed by atoms with Crippen LogP contribution < -0.4 is 0 Å². The van der Waals surface area contributed by atoms with Crippen LogP contribution >= 0.6 is 11.8 Å². The summed E-state index contributed by atoms with van der Waals surface area (Å²) < 4.78 is 75.8. The highest BCUT2D eigenvalue weighted by molar-refractivity contribution is 7.99. The van der Waals surface area contributed by atoms with Crippen molar-refractivity contribution in [3.8, 4) is 11.3 Å². The molecule has 0 radical (unpaired) electrons. The third-order valence-corrected chi connectivity index (χ3v) is 11.9. The van der Waals surface area contributed by atoms with E-state index in [0.29, 0.717) is 86.9 Å². The van der Waals surface area contributed by atoms with Gasteiger partial charge in [0.25, 0.3) is 0 Å². The molecule has 1 unspecified atom stereocenters. The Bertz CT molecular complexity index is 1690. The van der Waals surface area contributed by atoms with Gasteiger partial charge in [-0.2, -0.15) is 22.6 Å². The zero-order valence-corrected chi connectivity index (χ0v) is 29.1. The Labute approximate surface area is 289 Å². The fraction of sp³-hybridized carbons (Fsp3) is 0.576. The van der Waals surface area contributed by atoms with E-state index in [2.05, 4.69) is 14.8 Å². The van der Waals surface area contributed by atoms with Crippen LogP contribution in [0.15, 0.2) is 47.5 Å². The number of hydrogen-bond acceptors (Lipinski definition) is 10. The van der Waals surface area contributed by atoms with Crippen LogP contribution in [0.2, 0.25) is 0 Å². The van der Waals surface area contributed by atoms with E-state index in [-0.39, 0.29) is 24.5 Å². The van der Waals surface area contributed by atoms with Crippen LogP contribution in [0.5, 0.6) is 0 Å². The maximum absolute atomic E-state index is 14.1. The third kappa shape index (κ3) is 8.67. The number of nitrogens with zero attached hydrogens (tertiary/aromatic N) is 6. The van der Waals surface area contributed by atoms with Gasteiger partial charge in [-0.25, -0.2) is 8.42 Å². The second-order valence-electron chi connectivity index (χ2n) is 13.0. The average Bonchev–Trinajstić information content (AvgIpc) is 3.43. The zero-order chi connectivity index (χ0) is 34.8. The Morgan fingerprint density at radius 1 is 1.04 bits per heavy atom. The van der Waals surface area contributed by atoms with Crippen molar-refractivity contribution in [3.63, 3.8) is 0 Å². The number of aliphatic hydroxyl groups excluding tert-OH is 1. The SMILES string of the molecule is CS(=O)(=O)N1CCc2c(c(-c3ccc(C(F)(F)F)c(SCCN4CCOCC4)c3)nn2CC(O)CN2CCC(O)(c3ccccn3)CC2)C1. The normalized spacial score (nSPS) is 20.3. The molecule has 5 heterocycles. The predicted molar refractivity (Wildman–Crippen MR) is 179 cm³/mol. The Morgan fingerprint density at radius 3 is 2.47 bits per heavy atom. The summed E-state index contributed by atoms with van der Waals surface area (Å²) in [6.07, 6.45) is -1.28. The molecular formula is C33H43F3N6O5S2. The lowest BCUT2D eigenvalue weighted by Gasteiger charge is -2.38. The molecule has 0 amide bonds. The Balaban J connectivity index is 1.22. The molecule has 3 aromatic rings. The monoisotopic (exact) mass is 724 g/mol. The van der Waals surface area contributed by atoms with Gasteiger partial charge in [-0.1, -0.05) is 12.1 Å². The smallest absolute Gasteiger partial charge is 0.390 e. The van der Waals surface area contributed by atoms with E-state index < -0.39 is 33.5 Å². The highest BCUT2D eigenvalue weighted by Crippen LogP contribution is 2.40. The first kappa shape index (κ1) is 36.2. The van der Waals surface area contributed by atoms with Gasteiger partial charge in [0.1, 0.15) is 5.60 Å². The number of aromatic nitrogens is 3. The number of fused-ring (bicyclic) bond motifs is 1. The number of likely N-dealkylation sites (tertiary alicyclic amines) is 1. The molecule has 2 saturated heterocycles. The van der Waals surface area contributed by atoms with E-state index in [4.69, 9.17) is 9.84 Å². The number of thioether (sulfide) groups is 1. The lowest BCUT2D eigenvalue weighted by molar-refractivity contribution is -0.139. The highest BCUT2D eigenvalue weighted by Gasteiger charge is 2.37. The number of pyridine rings is 1. The number of ether oxygens (including phenoxy) is 1. The van der Waals surface area contributed by atoms with Crippen LogP contribution in [-0.4, -0.2) is 125 Å². The van der Waals surface area contributed by atoms with E-state index in [0.717, 1.165) is 42.9 Å². The van der Waals surface area contributed by atoms with E-state index in [1.807, 2.05) is 12.1 Å². The van der Waals surface area contributed by atoms with Gasteiger partial charge in [0.05, 0.1) is 49.1 Å². The summed E-state index contributed by atoms with van der Waals surface area (Å²) in [7, 11) is -3.54. The third-order valence-electron chi connectivity index (χ3n) is 9.57. The number of morpholine rings is 1. The predicted octanol–water partition coefficient (Wildman–Crippen LogP) is 3.05. The van der Waals surface area contributed by atoms with Crippen LogP contribution in [0, 0.1) is 0 Å². The molecular weight excluding hydrogens is 682 g/mol. The van der Waals surface area contributed by atoms with E-state index >= 15 is 0 Å².